The molecule has 0 spiro atoms. The zero-order chi connectivity index (χ0) is 10.4. The summed E-state index contributed by atoms with van der Waals surface area (Å²) in [7, 11) is 0. The van der Waals surface area contributed by atoms with Crippen molar-refractivity contribution in [1.29, 1.82) is 0 Å². The lowest BCUT2D eigenvalue weighted by atomic mass is 10.0. The van der Waals surface area contributed by atoms with Crippen LogP contribution >= 0.6 is 0 Å². The van der Waals surface area contributed by atoms with Gasteiger partial charge < -0.3 is 10.0 Å². The summed E-state index contributed by atoms with van der Waals surface area (Å²) in [4.78, 5) is 13.5. The van der Waals surface area contributed by atoms with Crippen LogP contribution in [0.5, 0.6) is 0 Å². The fourth-order valence-corrected chi connectivity index (χ4v) is 2.38. The second-order valence-electron chi connectivity index (χ2n) is 3.89. The molecule has 3 nitrogen and oxygen atoms in total. The van der Waals surface area contributed by atoms with Crippen molar-refractivity contribution < 1.29 is 9.90 Å². The topological polar surface area (TPSA) is 40.5 Å². The number of amides is 1. The molecule has 0 fully saturated rings. The van der Waals surface area contributed by atoms with Crippen LogP contribution in [0.2, 0.25) is 0 Å². The summed E-state index contributed by atoms with van der Waals surface area (Å²) in [6, 6.07) is 7.59. The minimum atomic E-state index is -0.774. The third-order valence-corrected chi connectivity index (χ3v) is 3.07. The van der Waals surface area contributed by atoms with Crippen molar-refractivity contribution in [2.24, 2.45) is 0 Å². The number of nitrogens with zero attached hydrogens (tertiary/aromatic N) is 1. The Morgan fingerprint density at radius 2 is 2.13 bits per heavy atom. The highest BCUT2D eigenvalue weighted by atomic mass is 16.3. The van der Waals surface area contributed by atoms with E-state index in [1.54, 1.807) is 11.0 Å². The fraction of sp³-hybridized carbons (Fsp3) is 0.250. The van der Waals surface area contributed by atoms with Gasteiger partial charge in [-0.15, -0.1) is 0 Å². The quantitative estimate of drug-likeness (QED) is 0.645. The van der Waals surface area contributed by atoms with E-state index >= 15 is 0 Å². The Balaban J connectivity index is 2.15. The molecule has 0 aliphatic carbocycles. The first-order chi connectivity index (χ1) is 7.29. The zero-order valence-corrected chi connectivity index (χ0v) is 8.13. The van der Waals surface area contributed by atoms with Gasteiger partial charge in [0.25, 0.3) is 5.91 Å². The lowest BCUT2D eigenvalue weighted by molar-refractivity contribution is 0.0135. The third kappa shape index (κ3) is 1.07. The van der Waals surface area contributed by atoms with Gasteiger partial charge in [-0.3, -0.25) is 4.79 Å². The maximum atomic E-state index is 12.0. The standard InChI is InChI=1S/C12H11NO2/c14-11-7-3-6-10-8-4-1-2-5-9(8)12(15)13(10)11/h1-5,7,10-11,14H,6H2/t10-,11+/m0/s1. The lowest BCUT2D eigenvalue weighted by Crippen LogP contribution is -2.38. The van der Waals surface area contributed by atoms with Crippen LogP contribution in [0, 0.1) is 0 Å². The number of carbonyl (C=O) groups excluding carboxylic acids is 1. The number of carbonyl (C=O) groups is 1. The summed E-state index contributed by atoms with van der Waals surface area (Å²) in [5.74, 6) is -0.0625. The van der Waals surface area contributed by atoms with Crippen molar-refractivity contribution in [3.63, 3.8) is 0 Å². The Bertz CT molecular complexity index is 453. The minimum Gasteiger partial charge on any atom is -0.370 e. The highest BCUT2D eigenvalue weighted by molar-refractivity contribution is 5.99. The SMILES string of the molecule is O=C1c2ccccc2[C@@H]2CC=C[C@@H](O)N12. The molecule has 0 saturated carbocycles. The van der Waals surface area contributed by atoms with Gasteiger partial charge in [-0.1, -0.05) is 24.3 Å². The predicted molar refractivity (Wildman–Crippen MR) is 55.1 cm³/mol. The van der Waals surface area contributed by atoms with E-state index in [1.165, 1.54) is 0 Å². The smallest absolute Gasteiger partial charge is 0.257 e. The van der Waals surface area contributed by atoms with Crippen molar-refractivity contribution in [2.45, 2.75) is 18.7 Å². The van der Waals surface area contributed by atoms with Gasteiger partial charge in [-0.05, 0) is 24.1 Å². The number of fused-ring (bicyclic) bond motifs is 3. The average molecular weight is 201 g/mol. The molecule has 2 atom stereocenters. The van der Waals surface area contributed by atoms with Gasteiger partial charge in [0.1, 0.15) is 6.23 Å². The van der Waals surface area contributed by atoms with E-state index in [4.69, 9.17) is 0 Å². The van der Waals surface area contributed by atoms with Gasteiger partial charge in [0.2, 0.25) is 0 Å². The first-order valence-corrected chi connectivity index (χ1v) is 5.05. The van der Waals surface area contributed by atoms with Gasteiger partial charge in [0.05, 0.1) is 6.04 Å². The fourth-order valence-electron chi connectivity index (χ4n) is 2.38. The molecular formula is C12H11NO2. The third-order valence-electron chi connectivity index (χ3n) is 3.07. The number of aliphatic hydroxyl groups is 1. The Kier molecular flexibility index (Phi) is 1.70. The Morgan fingerprint density at radius 3 is 3.00 bits per heavy atom. The first kappa shape index (κ1) is 8.68. The maximum Gasteiger partial charge on any atom is 0.257 e. The molecule has 0 bridgehead atoms. The number of hydrogen-bond acceptors (Lipinski definition) is 2. The molecule has 1 aromatic rings. The molecule has 2 aliphatic heterocycles. The van der Waals surface area contributed by atoms with Gasteiger partial charge in [0, 0.05) is 5.56 Å². The van der Waals surface area contributed by atoms with Crippen LogP contribution in [0.4, 0.5) is 0 Å². The molecular weight excluding hydrogens is 190 g/mol. The van der Waals surface area contributed by atoms with Gasteiger partial charge in [0.15, 0.2) is 0 Å². The molecule has 1 aromatic carbocycles. The summed E-state index contributed by atoms with van der Waals surface area (Å²) in [5.41, 5.74) is 1.76. The van der Waals surface area contributed by atoms with Gasteiger partial charge in [-0.2, -0.15) is 0 Å². The van der Waals surface area contributed by atoms with E-state index in [9.17, 15) is 9.90 Å². The van der Waals surface area contributed by atoms with Crippen molar-refractivity contribution in [2.75, 3.05) is 0 Å². The highest BCUT2D eigenvalue weighted by Gasteiger charge is 2.40. The zero-order valence-electron chi connectivity index (χ0n) is 8.13. The van der Waals surface area contributed by atoms with Crippen LogP contribution in [-0.2, 0) is 0 Å². The molecule has 0 saturated heterocycles. The van der Waals surface area contributed by atoms with E-state index in [2.05, 4.69) is 0 Å². The van der Waals surface area contributed by atoms with Crippen molar-refractivity contribution in [1.82, 2.24) is 4.90 Å². The molecule has 76 valence electrons. The minimum absolute atomic E-state index is 0.0219. The largest absolute Gasteiger partial charge is 0.370 e. The molecule has 0 aromatic heterocycles. The Morgan fingerprint density at radius 1 is 1.33 bits per heavy atom. The molecule has 0 unspecified atom stereocenters. The van der Waals surface area contributed by atoms with Crippen LogP contribution in [0.1, 0.15) is 28.4 Å². The van der Waals surface area contributed by atoms with E-state index in [1.807, 2.05) is 30.3 Å². The molecule has 3 rings (SSSR count). The number of benzene rings is 1. The van der Waals surface area contributed by atoms with Crippen LogP contribution in [0.3, 0.4) is 0 Å². The van der Waals surface area contributed by atoms with E-state index < -0.39 is 6.23 Å². The summed E-state index contributed by atoms with van der Waals surface area (Å²) in [5, 5.41) is 9.74. The summed E-state index contributed by atoms with van der Waals surface area (Å²) < 4.78 is 0. The second kappa shape index (κ2) is 2.94. The normalized spacial score (nSPS) is 27.8. The molecule has 1 amide bonds. The van der Waals surface area contributed by atoms with E-state index in [0.717, 1.165) is 17.5 Å². The van der Waals surface area contributed by atoms with Crippen molar-refractivity contribution in [3.05, 3.63) is 47.5 Å². The highest BCUT2D eigenvalue weighted by Crippen LogP contribution is 2.39. The maximum absolute atomic E-state index is 12.0. The van der Waals surface area contributed by atoms with Crippen molar-refractivity contribution >= 4 is 5.91 Å². The summed E-state index contributed by atoms with van der Waals surface area (Å²) in [6.07, 6.45) is 3.62. The van der Waals surface area contributed by atoms with E-state index in [-0.39, 0.29) is 11.9 Å². The predicted octanol–water partition coefficient (Wildman–Crippen LogP) is 1.46. The molecule has 2 aliphatic rings. The van der Waals surface area contributed by atoms with Crippen molar-refractivity contribution in [3.8, 4) is 0 Å². The summed E-state index contributed by atoms with van der Waals surface area (Å²) in [6.45, 7) is 0. The molecule has 2 heterocycles. The van der Waals surface area contributed by atoms with E-state index in [0.29, 0.717) is 0 Å². The van der Waals surface area contributed by atoms with Gasteiger partial charge >= 0.3 is 0 Å². The monoisotopic (exact) mass is 201 g/mol. The Labute approximate surface area is 87.6 Å². The van der Waals surface area contributed by atoms with Crippen LogP contribution in [0.25, 0.3) is 0 Å². The average Bonchev–Trinajstić information content (AvgIpc) is 2.55. The first-order valence-electron chi connectivity index (χ1n) is 5.05. The van der Waals surface area contributed by atoms with Crippen LogP contribution in [0.15, 0.2) is 36.4 Å². The molecule has 0 radical (unpaired) electrons. The Hall–Kier alpha value is -1.61. The van der Waals surface area contributed by atoms with Gasteiger partial charge in [-0.25, -0.2) is 0 Å². The number of rotatable bonds is 0. The summed E-state index contributed by atoms with van der Waals surface area (Å²) >= 11 is 0. The lowest BCUT2D eigenvalue weighted by Gasteiger charge is -2.30. The molecule has 15 heavy (non-hydrogen) atoms. The number of aliphatic hydroxyl groups excluding tert-OH is 1. The molecule has 1 N–H and O–H groups in total. The van der Waals surface area contributed by atoms with Crippen LogP contribution in [-0.4, -0.2) is 22.1 Å². The second-order valence-corrected chi connectivity index (χ2v) is 3.89. The van der Waals surface area contributed by atoms with Crippen LogP contribution < -0.4 is 0 Å². The number of hydrogen-bond donors (Lipinski definition) is 1. The molecule has 3 heteroatoms.